The highest BCUT2D eigenvalue weighted by molar-refractivity contribution is 5.71. The topological polar surface area (TPSA) is 59.1 Å². The van der Waals surface area contributed by atoms with Gasteiger partial charge in [-0.25, -0.2) is 9.59 Å². The van der Waals surface area contributed by atoms with Crippen molar-refractivity contribution >= 4 is 12.2 Å². The van der Waals surface area contributed by atoms with E-state index in [0.29, 0.717) is 26.2 Å². The van der Waals surface area contributed by atoms with Crippen molar-refractivity contribution in [3.05, 3.63) is 0 Å². The molecule has 1 heterocycles. The molecule has 1 saturated heterocycles. The molecule has 0 radical (unpaired) electrons. The van der Waals surface area contributed by atoms with Crippen LogP contribution >= 0.6 is 0 Å². The van der Waals surface area contributed by atoms with Crippen molar-refractivity contribution < 1.29 is 19.1 Å². The summed E-state index contributed by atoms with van der Waals surface area (Å²) in [6.07, 6.45) is -0.651. The third kappa shape index (κ3) is 4.61. The highest BCUT2D eigenvalue weighted by Crippen LogP contribution is 2.16. The second-order valence-corrected chi connectivity index (χ2v) is 5.67. The van der Waals surface area contributed by atoms with E-state index in [1.807, 2.05) is 27.7 Å². The Hall–Kier alpha value is -1.46. The number of ether oxygens (including phenoxy) is 2. The predicted molar refractivity (Wildman–Crippen MR) is 71.0 cm³/mol. The van der Waals surface area contributed by atoms with Crippen molar-refractivity contribution in [1.82, 2.24) is 9.80 Å². The van der Waals surface area contributed by atoms with Crippen LogP contribution in [-0.4, -0.2) is 59.9 Å². The number of hydrogen-bond acceptors (Lipinski definition) is 4. The fraction of sp³-hybridized carbons (Fsp3) is 0.846. The molecule has 1 atom stereocenters. The Morgan fingerprint density at radius 1 is 1.21 bits per heavy atom. The van der Waals surface area contributed by atoms with Crippen LogP contribution in [-0.2, 0) is 9.47 Å². The highest BCUT2D eigenvalue weighted by Gasteiger charge is 2.32. The molecule has 0 spiro atoms. The van der Waals surface area contributed by atoms with E-state index in [2.05, 4.69) is 0 Å². The number of carbonyl (C=O) groups excluding carboxylic acids is 2. The molecule has 0 N–H and O–H groups in total. The van der Waals surface area contributed by atoms with Gasteiger partial charge in [-0.3, -0.25) is 0 Å². The molecule has 2 amide bonds. The van der Waals surface area contributed by atoms with Gasteiger partial charge in [0, 0.05) is 19.6 Å². The van der Waals surface area contributed by atoms with Crippen LogP contribution < -0.4 is 0 Å². The van der Waals surface area contributed by atoms with Gasteiger partial charge in [0.15, 0.2) is 0 Å². The van der Waals surface area contributed by atoms with Crippen LogP contribution in [0.4, 0.5) is 9.59 Å². The van der Waals surface area contributed by atoms with Gasteiger partial charge in [-0.1, -0.05) is 0 Å². The summed E-state index contributed by atoms with van der Waals surface area (Å²) in [6.45, 7) is 11.0. The van der Waals surface area contributed by atoms with Crippen LogP contribution in [0.2, 0.25) is 0 Å². The summed E-state index contributed by atoms with van der Waals surface area (Å²) in [5.41, 5.74) is -0.505. The number of amides is 2. The molecule has 19 heavy (non-hydrogen) atoms. The fourth-order valence-electron chi connectivity index (χ4n) is 1.93. The van der Waals surface area contributed by atoms with Gasteiger partial charge in [0.2, 0.25) is 0 Å². The van der Waals surface area contributed by atoms with Gasteiger partial charge in [0.25, 0.3) is 0 Å². The van der Waals surface area contributed by atoms with E-state index in [1.54, 1.807) is 16.7 Å². The van der Waals surface area contributed by atoms with Crippen molar-refractivity contribution in [2.24, 2.45) is 0 Å². The Labute approximate surface area is 114 Å². The number of nitrogens with zero attached hydrogens (tertiary/aromatic N) is 2. The molecule has 1 fully saturated rings. The molecule has 1 aliphatic heterocycles. The minimum Gasteiger partial charge on any atom is -0.450 e. The van der Waals surface area contributed by atoms with Gasteiger partial charge in [-0.05, 0) is 34.6 Å². The van der Waals surface area contributed by atoms with Crippen molar-refractivity contribution in [2.45, 2.75) is 46.3 Å². The van der Waals surface area contributed by atoms with E-state index in [9.17, 15) is 9.59 Å². The molecule has 0 aromatic heterocycles. The minimum atomic E-state index is -0.505. The van der Waals surface area contributed by atoms with Crippen molar-refractivity contribution in [1.29, 1.82) is 0 Å². The number of piperazine rings is 1. The molecule has 0 aromatic rings. The maximum absolute atomic E-state index is 12.0. The first-order valence-corrected chi connectivity index (χ1v) is 6.66. The Morgan fingerprint density at radius 3 is 2.32 bits per heavy atom. The summed E-state index contributed by atoms with van der Waals surface area (Å²) < 4.78 is 10.3. The molecule has 1 rings (SSSR count). The van der Waals surface area contributed by atoms with E-state index < -0.39 is 5.60 Å². The first-order valence-electron chi connectivity index (χ1n) is 6.66. The Morgan fingerprint density at radius 2 is 1.84 bits per heavy atom. The van der Waals surface area contributed by atoms with Gasteiger partial charge in [-0.15, -0.1) is 0 Å². The van der Waals surface area contributed by atoms with Crippen LogP contribution in [0.3, 0.4) is 0 Å². The molecular formula is C13H24N2O4. The summed E-state index contributed by atoms with van der Waals surface area (Å²) in [5.74, 6) is 0. The van der Waals surface area contributed by atoms with Gasteiger partial charge >= 0.3 is 12.2 Å². The Bertz CT molecular complexity index is 338. The van der Waals surface area contributed by atoms with Gasteiger partial charge in [0.1, 0.15) is 5.60 Å². The van der Waals surface area contributed by atoms with Crippen molar-refractivity contribution in [2.75, 3.05) is 26.2 Å². The molecule has 6 nitrogen and oxygen atoms in total. The normalized spacial score (nSPS) is 20.2. The van der Waals surface area contributed by atoms with Gasteiger partial charge in [-0.2, -0.15) is 0 Å². The average molecular weight is 272 g/mol. The molecule has 1 unspecified atom stereocenters. The van der Waals surface area contributed by atoms with Crippen molar-refractivity contribution in [3.8, 4) is 0 Å². The lowest BCUT2D eigenvalue weighted by molar-refractivity contribution is 0.000500. The van der Waals surface area contributed by atoms with Crippen molar-refractivity contribution in [3.63, 3.8) is 0 Å². The monoisotopic (exact) mass is 272 g/mol. The third-order valence-corrected chi connectivity index (χ3v) is 2.78. The molecule has 110 valence electrons. The first-order chi connectivity index (χ1) is 8.74. The zero-order valence-electron chi connectivity index (χ0n) is 12.4. The second-order valence-electron chi connectivity index (χ2n) is 5.67. The maximum Gasteiger partial charge on any atom is 0.410 e. The molecule has 0 aliphatic carbocycles. The van der Waals surface area contributed by atoms with Gasteiger partial charge < -0.3 is 19.3 Å². The number of carbonyl (C=O) groups is 2. The zero-order valence-corrected chi connectivity index (χ0v) is 12.4. The number of rotatable bonds is 1. The molecule has 0 aromatic carbocycles. The van der Waals surface area contributed by atoms with E-state index in [0.717, 1.165) is 0 Å². The lowest BCUT2D eigenvalue weighted by Crippen LogP contribution is -2.56. The van der Waals surface area contributed by atoms with Crippen LogP contribution in [0.25, 0.3) is 0 Å². The SMILES string of the molecule is CCOC(=O)N1CCN(C(=O)OC(C)(C)C)C(C)C1. The van der Waals surface area contributed by atoms with E-state index >= 15 is 0 Å². The fourth-order valence-corrected chi connectivity index (χ4v) is 1.93. The number of hydrogen-bond donors (Lipinski definition) is 0. The summed E-state index contributed by atoms with van der Waals surface area (Å²) in [6, 6.07) is -0.0759. The maximum atomic E-state index is 12.0. The zero-order chi connectivity index (χ0) is 14.6. The largest absolute Gasteiger partial charge is 0.450 e. The standard InChI is InChI=1S/C13H24N2O4/c1-6-18-11(16)14-7-8-15(10(2)9-14)12(17)19-13(3,4)5/h10H,6-9H2,1-5H3. The molecule has 0 bridgehead atoms. The van der Waals surface area contributed by atoms with Gasteiger partial charge in [0.05, 0.1) is 12.6 Å². The summed E-state index contributed by atoms with van der Waals surface area (Å²) in [7, 11) is 0. The van der Waals surface area contributed by atoms with Crippen LogP contribution in [0.5, 0.6) is 0 Å². The molecule has 0 saturated carbocycles. The molecule has 1 aliphatic rings. The summed E-state index contributed by atoms with van der Waals surface area (Å²) in [5, 5.41) is 0. The quantitative estimate of drug-likeness (QED) is 0.733. The Kier molecular flexibility index (Phi) is 5.03. The minimum absolute atomic E-state index is 0.0759. The van der Waals surface area contributed by atoms with Crippen LogP contribution in [0, 0.1) is 0 Å². The van der Waals surface area contributed by atoms with E-state index in [4.69, 9.17) is 9.47 Å². The third-order valence-electron chi connectivity index (χ3n) is 2.78. The highest BCUT2D eigenvalue weighted by atomic mass is 16.6. The van der Waals surface area contributed by atoms with E-state index in [-0.39, 0.29) is 18.2 Å². The smallest absolute Gasteiger partial charge is 0.410 e. The predicted octanol–water partition coefficient (Wildman–Crippen LogP) is 2.08. The first kappa shape index (κ1) is 15.6. The summed E-state index contributed by atoms with van der Waals surface area (Å²) in [4.78, 5) is 26.9. The lowest BCUT2D eigenvalue weighted by atomic mass is 10.2. The summed E-state index contributed by atoms with van der Waals surface area (Å²) >= 11 is 0. The van der Waals surface area contributed by atoms with Crippen LogP contribution in [0.1, 0.15) is 34.6 Å². The molecule has 6 heteroatoms. The lowest BCUT2D eigenvalue weighted by Gasteiger charge is -2.39. The molecular weight excluding hydrogens is 248 g/mol. The van der Waals surface area contributed by atoms with E-state index in [1.165, 1.54) is 0 Å². The average Bonchev–Trinajstić information content (AvgIpc) is 2.26. The Balaban J connectivity index is 2.55. The second kappa shape index (κ2) is 6.12. The van der Waals surface area contributed by atoms with Crippen LogP contribution in [0.15, 0.2) is 0 Å².